The lowest BCUT2D eigenvalue weighted by atomic mass is 9.99. The van der Waals surface area contributed by atoms with Crippen molar-refractivity contribution in [3.05, 3.63) is 65.7 Å². The van der Waals surface area contributed by atoms with Gasteiger partial charge in [0.15, 0.2) is 0 Å². The number of para-hydroxylation sites is 1. The van der Waals surface area contributed by atoms with E-state index in [1.807, 2.05) is 18.2 Å². The molecule has 0 saturated carbocycles. The normalized spacial score (nSPS) is 16.6. The van der Waals surface area contributed by atoms with Crippen molar-refractivity contribution in [2.24, 2.45) is 5.92 Å². The maximum absolute atomic E-state index is 12.4. The highest BCUT2D eigenvalue weighted by Gasteiger charge is 2.26. The van der Waals surface area contributed by atoms with Crippen molar-refractivity contribution in [1.82, 2.24) is 4.90 Å². The molecule has 1 atom stereocenters. The Hall–Kier alpha value is -2.82. The first kappa shape index (κ1) is 17.0. The lowest BCUT2D eigenvalue weighted by molar-refractivity contribution is 0.0698. The van der Waals surface area contributed by atoms with Crippen LogP contribution in [0.15, 0.2) is 54.6 Å². The van der Waals surface area contributed by atoms with Crippen LogP contribution in [0.25, 0.3) is 0 Å². The molecular formula is C20H22N2O3. The van der Waals surface area contributed by atoms with E-state index >= 15 is 0 Å². The van der Waals surface area contributed by atoms with Gasteiger partial charge in [0.1, 0.15) is 0 Å². The van der Waals surface area contributed by atoms with Crippen LogP contribution in [-0.4, -0.2) is 35.1 Å². The third-order valence-electron chi connectivity index (χ3n) is 4.66. The second-order valence-corrected chi connectivity index (χ2v) is 6.41. The minimum Gasteiger partial charge on any atom is -0.478 e. The molecule has 5 nitrogen and oxygen atoms in total. The number of carboxylic acids is 1. The van der Waals surface area contributed by atoms with Gasteiger partial charge in [-0.15, -0.1) is 0 Å². The molecule has 130 valence electrons. The van der Waals surface area contributed by atoms with Crippen LogP contribution in [0.3, 0.4) is 0 Å². The van der Waals surface area contributed by atoms with Gasteiger partial charge in [0.2, 0.25) is 0 Å². The van der Waals surface area contributed by atoms with E-state index in [1.165, 1.54) is 11.6 Å². The number of urea groups is 1. The number of likely N-dealkylation sites (tertiary alicyclic amines) is 1. The van der Waals surface area contributed by atoms with Gasteiger partial charge in [-0.25, -0.2) is 9.59 Å². The van der Waals surface area contributed by atoms with Gasteiger partial charge in [-0.3, -0.25) is 0 Å². The first-order chi connectivity index (χ1) is 12.1. The average molecular weight is 338 g/mol. The second-order valence-electron chi connectivity index (χ2n) is 6.41. The maximum Gasteiger partial charge on any atom is 0.337 e. The fourth-order valence-corrected chi connectivity index (χ4v) is 3.24. The van der Waals surface area contributed by atoms with Gasteiger partial charge in [-0.05, 0) is 42.9 Å². The highest BCUT2D eigenvalue weighted by atomic mass is 16.4. The number of carbonyl (C=O) groups is 2. The summed E-state index contributed by atoms with van der Waals surface area (Å²) in [5.41, 5.74) is 1.77. The zero-order valence-electron chi connectivity index (χ0n) is 14.0. The standard InChI is InChI=1S/C20H22N2O3/c23-19(24)17-8-4-5-9-18(17)21-20(25)22-13-12-16(14-22)11-10-15-6-2-1-3-7-15/h1-9,16H,10-14H2,(H,21,25)(H,23,24). The number of amides is 2. The molecule has 0 aromatic heterocycles. The van der Waals surface area contributed by atoms with E-state index in [0.29, 0.717) is 24.7 Å². The Kier molecular flexibility index (Phi) is 5.33. The van der Waals surface area contributed by atoms with Gasteiger partial charge >= 0.3 is 12.0 Å². The fourth-order valence-electron chi connectivity index (χ4n) is 3.24. The molecule has 0 radical (unpaired) electrons. The Morgan fingerprint density at radius 2 is 1.80 bits per heavy atom. The van der Waals surface area contributed by atoms with Crippen molar-refractivity contribution in [3.63, 3.8) is 0 Å². The Morgan fingerprint density at radius 1 is 1.08 bits per heavy atom. The first-order valence-electron chi connectivity index (χ1n) is 8.55. The zero-order chi connectivity index (χ0) is 17.6. The van der Waals surface area contributed by atoms with Crippen molar-refractivity contribution in [1.29, 1.82) is 0 Å². The third kappa shape index (κ3) is 4.38. The summed E-state index contributed by atoms with van der Waals surface area (Å²) in [5.74, 6) is -0.557. The van der Waals surface area contributed by atoms with Crippen LogP contribution in [-0.2, 0) is 6.42 Å². The Morgan fingerprint density at radius 3 is 2.56 bits per heavy atom. The first-order valence-corrected chi connectivity index (χ1v) is 8.55. The van der Waals surface area contributed by atoms with E-state index in [4.69, 9.17) is 0 Å². The van der Waals surface area contributed by atoms with E-state index in [1.54, 1.807) is 23.1 Å². The number of hydrogen-bond donors (Lipinski definition) is 2. The molecule has 5 heteroatoms. The van der Waals surface area contributed by atoms with E-state index in [2.05, 4.69) is 17.4 Å². The average Bonchev–Trinajstić information content (AvgIpc) is 3.10. The minimum absolute atomic E-state index is 0.107. The molecule has 1 saturated heterocycles. The molecule has 2 amide bonds. The zero-order valence-corrected chi connectivity index (χ0v) is 14.0. The van der Waals surface area contributed by atoms with Gasteiger partial charge < -0.3 is 15.3 Å². The number of aromatic carboxylic acids is 1. The number of nitrogens with zero attached hydrogens (tertiary/aromatic N) is 1. The third-order valence-corrected chi connectivity index (χ3v) is 4.66. The van der Waals surface area contributed by atoms with Crippen LogP contribution < -0.4 is 5.32 Å². The van der Waals surface area contributed by atoms with Crippen LogP contribution in [0, 0.1) is 5.92 Å². The van der Waals surface area contributed by atoms with Gasteiger partial charge in [-0.2, -0.15) is 0 Å². The summed E-state index contributed by atoms with van der Waals surface area (Å²) < 4.78 is 0. The predicted octanol–water partition coefficient (Wildman–Crippen LogP) is 3.87. The highest BCUT2D eigenvalue weighted by Crippen LogP contribution is 2.23. The van der Waals surface area contributed by atoms with Crippen molar-refractivity contribution in [3.8, 4) is 0 Å². The van der Waals surface area contributed by atoms with Crippen molar-refractivity contribution in [2.45, 2.75) is 19.3 Å². The molecule has 0 bridgehead atoms. The topological polar surface area (TPSA) is 69.6 Å². The molecular weight excluding hydrogens is 316 g/mol. The Balaban J connectivity index is 1.53. The Labute approximate surface area is 147 Å². The van der Waals surface area contributed by atoms with Crippen LogP contribution in [0.5, 0.6) is 0 Å². The molecule has 2 N–H and O–H groups in total. The second kappa shape index (κ2) is 7.83. The molecule has 1 fully saturated rings. The molecule has 2 aromatic carbocycles. The van der Waals surface area contributed by atoms with Crippen molar-refractivity contribution in [2.75, 3.05) is 18.4 Å². The molecule has 1 heterocycles. The molecule has 1 aliphatic rings. The highest BCUT2D eigenvalue weighted by molar-refractivity contribution is 6.00. The van der Waals surface area contributed by atoms with Crippen LogP contribution >= 0.6 is 0 Å². The van der Waals surface area contributed by atoms with Crippen molar-refractivity contribution >= 4 is 17.7 Å². The molecule has 0 spiro atoms. The summed E-state index contributed by atoms with van der Waals surface area (Å²) in [6.07, 6.45) is 3.06. The quantitative estimate of drug-likeness (QED) is 0.869. The van der Waals surface area contributed by atoms with Crippen molar-refractivity contribution < 1.29 is 14.7 Å². The SMILES string of the molecule is O=C(O)c1ccccc1NC(=O)N1CCC(CCc2ccccc2)C1. The van der Waals surface area contributed by atoms with Gasteiger partial charge in [0.05, 0.1) is 11.3 Å². The summed E-state index contributed by atoms with van der Waals surface area (Å²) in [5, 5.41) is 11.9. The number of rotatable bonds is 5. The summed E-state index contributed by atoms with van der Waals surface area (Å²) >= 11 is 0. The maximum atomic E-state index is 12.4. The number of nitrogens with one attached hydrogen (secondary N) is 1. The molecule has 25 heavy (non-hydrogen) atoms. The predicted molar refractivity (Wildman–Crippen MR) is 96.9 cm³/mol. The van der Waals surface area contributed by atoms with E-state index < -0.39 is 5.97 Å². The number of carbonyl (C=O) groups excluding carboxylic acids is 1. The number of benzene rings is 2. The van der Waals surface area contributed by atoms with E-state index in [9.17, 15) is 14.7 Å². The van der Waals surface area contributed by atoms with Crippen LogP contribution in [0.1, 0.15) is 28.8 Å². The number of carboxylic acid groups (broad SMARTS) is 1. The monoisotopic (exact) mass is 338 g/mol. The van der Waals surface area contributed by atoms with Gasteiger partial charge in [0, 0.05) is 13.1 Å². The minimum atomic E-state index is -1.04. The van der Waals surface area contributed by atoms with E-state index in [0.717, 1.165) is 19.3 Å². The number of aryl methyl sites for hydroxylation is 1. The lowest BCUT2D eigenvalue weighted by Crippen LogP contribution is -2.33. The molecule has 0 aliphatic carbocycles. The van der Waals surface area contributed by atoms with E-state index in [-0.39, 0.29) is 11.6 Å². The summed E-state index contributed by atoms with van der Waals surface area (Å²) in [4.78, 5) is 25.4. The van der Waals surface area contributed by atoms with Gasteiger partial charge in [-0.1, -0.05) is 42.5 Å². The smallest absolute Gasteiger partial charge is 0.337 e. The number of hydrogen-bond acceptors (Lipinski definition) is 2. The summed E-state index contributed by atoms with van der Waals surface area (Å²) in [7, 11) is 0. The van der Waals surface area contributed by atoms with Crippen LogP contribution in [0.2, 0.25) is 0 Å². The Bertz CT molecular complexity index is 746. The molecule has 2 aromatic rings. The van der Waals surface area contributed by atoms with Gasteiger partial charge in [0.25, 0.3) is 0 Å². The molecule has 1 aliphatic heterocycles. The molecule has 1 unspecified atom stereocenters. The summed E-state index contributed by atoms with van der Waals surface area (Å²) in [6, 6.07) is 16.6. The van der Waals surface area contributed by atoms with Crippen LogP contribution in [0.4, 0.5) is 10.5 Å². The number of anilines is 1. The largest absolute Gasteiger partial charge is 0.478 e. The molecule has 3 rings (SSSR count). The summed E-state index contributed by atoms with van der Waals surface area (Å²) in [6.45, 7) is 1.43. The lowest BCUT2D eigenvalue weighted by Gasteiger charge is -2.18. The fraction of sp³-hybridized carbons (Fsp3) is 0.300.